The van der Waals surface area contributed by atoms with Crippen LogP contribution in [0.25, 0.3) is 0 Å². The maximum absolute atomic E-state index is 5.61. The lowest BCUT2D eigenvalue weighted by molar-refractivity contribution is 0.388. The summed E-state index contributed by atoms with van der Waals surface area (Å²) in [6, 6.07) is 0. The van der Waals surface area contributed by atoms with Crippen LogP contribution in [0.4, 0.5) is 10.8 Å². The molecule has 0 amide bonds. The van der Waals surface area contributed by atoms with E-state index >= 15 is 0 Å². The molecule has 7 nitrogen and oxygen atoms in total. The fraction of sp³-hybridized carbons (Fsp3) is 0.375. The van der Waals surface area contributed by atoms with Crippen molar-refractivity contribution in [1.82, 2.24) is 14.5 Å². The van der Waals surface area contributed by atoms with Crippen molar-refractivity contribution in [2.75, 3.05) is 18.2 Å². The van der Waals surface area contributed by atoms with Gasteiger partial charge in [0.05, 0.1) is 13.7 Å². The Bertz CT molecular complexity index is 480. The summed E-state index contributed by atoms with van der Waals surface area (Å²) in [5.41, 5.74) is 5.61. The van der Waals surface area contributed by atoms with Crippen LogP contribution in [0, 0.1) is 6.92 Å². The van der Waals surface area contributed by atoms with Crippen LogP contribution >= 0.6 is 11.5 Å². The van der Waals surface area contributed by atoms with Crippen LogP contribution in [0.15, 0.2) is 4.52 Å². The van der Waals surface area contributed by atoms with E-state index in [0.717, 1.165) is 5.00 Å². The fourth-order valence-corrected chi connectivity index (χ4v) is 1.86. The number of rotatable bonds is 4. The van der Waals surface area contributed by atoms with Gasteiger partial charge in [-0.2, -0.15) is 9.36 Å². The van der Waals surface area contributed by atoms with Crippen LogP contribution in [-0.4, -0.2) is 21.6 Å². The molecule has 0 bridgehead atoms. The number of nitrogen functional groups attached to an aromatic ring is 1. The minimum Gasteiger partial charge on any atom is -0.490 e. The van der Waals surface area contributed by atoms with Crippen molar-refractivity contribution >= 4 is 22.4 Å². The van der Waals surface area contributed by atoms with Gasteiger partial charge in [0.1, 0.15) is 0 Å². The van der Waals surface area contributed by atoms with Gasteiger partial charge >= 0.3 is 0 Å². The summed E-state index contributed by atoms with van der Waals surface area (Å²) >= 11 is 1.23. The first-order valence-electron chi connectivity index (χ1n) is 4.53. The molecule has 16 heavy (non-hydrogen) atoms. The van der Waals surface area contributed by atoms with E-state index in [9.17, 15) is 0 Å². The first-order chi connectivity index (χ1) is 7.70. The number of hydrogen-bond acceptors (Lipinski definition) is 8. The zero-order chi connectivity index (χ0) is 11.5. The number of anilines is 2. The molecule has 0 aromatic carbocycles. The van der Waals surface area contributed by atoms with E-state index < -0.39 is 0 Å². The van der Waals surface area contributed by atoms with Gasteiger partial charge in [0, 0.05) is 6.92 Å². The molecular formula is C8H11N5O2S. The SMILES string of the molecule is COc1c(N)nsc1NCc1noc(C)n1. The van der Waals surface area contributed by atoms with Gasteiger partial charge in [0.25, 0.3) is 0 Å². The number of aryl methyl sites for hydroxylation is 1. The molecule has 2 rings (SSSR count). The van der Waals surface area contributed by atoms with Crippen LogP contribution in [0.3, 0.4) is 0 Å². The monoisotopic (exact) mass is 241 g/mol. The zero-order valence-corrected chi connectivity index (χ0v) is 9.67. The quantitative estimate of drug-likeness (QED) is 0.824. The Morgan fingerprint density at radius 3 is 3.00 bits per heavy atom. The highest BCUT2D eigenvalue weighted by molar-refractivity contribution is 7.11. The number of ether oxygens (including phenoxy) is 1. The van der Waals surface area contributed by atoms with Crippen molar-refractivity contribution in [2.45, 2.75) is 13.5 Å². The first kappa shape index (κ1) is 10.7. The maximum atomic E-state index is 5.61. The molecule has 8 heteroatoms. The third-order valence-electron chi connectivity index (χ3n) is 1.85. The first-order valence-corrected chi connectivity index (χ1v) is 5.30. The van der Waals surface area contributed by atoms with E-state index in [2.05, 4.69) is 19.8 Å². The Hall–Kier alpha value is -1.83. The molecule has 0 saturated heterocycles. The molecule has 0 unspecified atom stereocenters. The summed E-state index contributed by atoms with van der Waals surface area (Å²) in [7, 11) is 1.55. The smallest absolute Gasteiger partial charge is 0.223 e. The van der Waals surface area contributed by atoms with Gasteiger partial charge in [-0.3, -0.25) is 0 Å². The van der Waals surface area contributed by atoms with Gasteiger partial charge in [-0.15, -0.1) is 0 Å². The third-order valence-corrected chi connectivity index (χ3v) is 2.66. The maximum Gasteiger partial charge on any atom is 0.223 e. The molecule has 0 atom stereocenters. The van der Waals surface area contributed by atoms with Crippen LogP contribution in [0.1, 0.15) is 11.7 Å². The molecule has 0 aliphatic heterocycles. The largest absolute Gasteiger partial charge is 0.490 e. The number of nitrogens with zero attached hydrogens (tertiary/aromatic N) is 3. The summed E-state index contributed by atoms with van der Waals surface area (Å²) in [5.74, 6) is 2.03. The summed E-state index contributed by atoms with van der Waals surface area (Å²) in [4.78, 5) is 4.06. The fourth-order valence-electron chi connectivity index (χ4n) is 1.18. The molecular weight excluding hydrogens is 230 g/mol. The second kappa shape index (κ2) is 4.35. The Morgan fingerprint density at radius 1 is 1.56 bits per heavy atom. The predicted molar refractivity (Wildman–Crippen MR) is 59.4 cm³/mol. The molecule has 0 fully saturated rings. The van der Waals surface area contributed by atoms with Crippen LogP contribution in [-0.2, 0) is 6.54 Å². The summed E-state index contributed by atoms with van der Waals surface area (Å²) < 4.78 is 13.9. The molecule has 2 heterocycles. The van der Waals surface area contributed by atoms with Gasteiger partial charge in [-0.25, -0.2) is 0 Å². The van der Waals surface area contributed by atoms with Crippen LogP contribution < -0.4 is 15.8 Å². The van der Waals surface area contributed by atoms with Crippen molar-refractivity contribution in [1.29, 1.82) is 0 Å². The lowest BCUT2D eigenvalue weighted by Gasteiger charge is -2.02. The topological polar surface area (TPSA) is 99.1 Å². The molecule has 3 N–H and O–H groups in total. The van der Waals surface area contributed by atoms with Gasteiger partial charge < -0.3 is 20.3 Å². The molecule has 2 aromatic rings. The Labute approximate surface area is 95.8 Å². The standard InChI is InChI=1S/C8H11N5O2S/c1-4-11-5(12-15-4)3-10-8-6(14-2)7(9)13-16-8/h10H,3H2,1-2H3,(H2,9,13). The van der Waals surface area contributed by atoms with E-state index in [1.54, 1.807) is 14.0 Å². The van der Waals surface area contributed by atoms with E-state index in [1.165, 1.54) is 11.5 Å². The Balaban J connectivity index is 2.04. The van der Waals surface area contributed by atoms with Crippen molar-refractivity contribution in [3.63, 3.8) is 0 Å². The van der Waals surface area contributed by atoms with Crippen LogP contribution in [0.5, 0.6) is 5.75 Å². The van der Waals surface area contributed by atoms with Crippen molar-refractivity contribution in [2.24, 2.45) is 0 Å². The highest BCUT2D eigenvalue weighted by Gasteiger charge is 2.12. The highest BCUT2D eigenvalue weighted by Crippen LogP contribution is 2.34. The molecule has 2 aromatic heterocycles. The number of nitrogens with one attached hydrogen (secondary N) is 1. The Kier molecular flexibility index (Phi) is 2.91. The van der Waals surface area contributed by atoms with Crippen molar-refractivity contribution in [3.05, 3.63) is 11.7 Å². The third kappa shape index (κ3) is 2.06. The average molecular weight is 241 g/mol. The van der Waals surface area contributed by atoms with Crippen molar-refractivity contribution in [3.8, 4) is 5.75 Å². The van der Waals surface area contributed by atoms with Crippen LogP contribution in [0.2, 0.25) is 0 Å². The highest BCUT2D eigenvalue weighted by atomic mass is 32.1. The van der Waals surface area contributed by atoms with Gasteiger partial charge in [-0.1, -0.05) is 5.16 Å². The van der Waals surface area contributed by atoms with Gasteiger partial charge in [0.15, 0.2) is 22.4 Å². The Morgan fingerprint density at radius 2 is 2.38 bits per heavy atom. The molecule has 0 aliphatic carbocycles. The summed E-state index contributed by atoms with van der Waals surface area (Å²) in [6.45, 7) is 2.18. The number of methoxy groups -OCH3 is 1. The second-order valence-electron chi connectivity index (χ2n) is 3.01. The van der Waals surface area contributed by atoms with Gasteiger partial charge in [-0.05, 0) is 11.5 Å². The minimum absolute atomic E-state index is 0.374. The number of hydrogen-bond donors (Lipinski definition) is 2. The van der Waals surface area contributed by atoms with Crippen molar-refractivity contribution < 1.29 is 9.26 Å². The zero-order valence-electron chi connectivity index (χ0n) is 8.85. The molecule has 0 aliphatic rings. The molecule has 0 spiro atoms. The number of nitrogens with two attached hydrogens (primary N) is 1. The lowest BCUT2D eigenvalue weighted by atomic mass is 10.5. The van der Waals surface area contributed by atoms with E-state index in [-0.39, 0.29) is 0 Å². The lowest BCUT2D eigenvalue weighted by Crippen LogP contribution is -2.01. The summed E-state index contributed by atoms with van der Waals surface area (Å²) in [5, 5.41) is 7.59. The molecule has 0 saturated carbocycles. The van der Waals surface area contributed by atoms with E-state index in [1.807, 2.05) is 0 Å². The van der Waals surface area contributed by atoms with E-state index in [0.29, 0.717) is 29.8 Å². The van der Waals surface area contributed by atoms with Gasteiger partial charge in [0.2, 0.25) is 5.89 Å². The number of aromatic nitrogens is 3. The minimum atomic E-state index is 0.374. The predicted octanol–water partition coefficient (Wildman–Crippen LogP) is 1.04. The molecule has 0 radical (unpaired) electrons. The normalized spacial score (nSPS) is 10.4. The average Bonchev–Trinajstić information content (AvgIpc) is 2.82. The van der Waals surface area contributed by atoms with E-state index in [4.69, 9.17) is 15.0 Å². The summed E-state index contributed by atoms with van der Waals surface area (Å²) in [6.07, 6.45) is 0. The second-order valence-corrected chi connectivity index (χ2v) is 3.79. The molecule has 86 valence electrons.